The molecule has 2 saturated carbocycles. The molecule has 1 heterocycles. The number of ether oxygens (including phenoxy) is 1. The first-order valence-corrected chi connectivity index (χ1v) is 7.42. The Morgan fingerprint density at radius 1 is 1.26 bits per heavy atom. The second-order valence-electron chi connectivity index (χ2n) is 7.18. The normalized spacial score (nSPS) is 57.3. The molecule has 1 saturated heterocycles. The Morgan fingerprint density at radius 3 is 2.63 bits per heavy atom. The molecular formula is C15H24O4. The maximum absolute atomic E-state index is 11.9. The number of carbonyl (C=O) groups is 1. The molecule has 3 aliphatic rings. The molecule has 2 aliphatic carbocycles. The highest BCUT2D eigenvalue weighted by Crippen LogP contribution is 2.57. The third-order valence-corrected chi connectivity index (χ3v) is 6.04. The number of aliphatic hydroxyl groups excluding tert-OH is 2. The summed E-state index contributed by atoms with van der Waals surface area (Å²) in [5.41, 5.74) is -0.0242. The van der Waals surface area contributed by atoms with E-state index in [0.29, 0.717) is 0 Å². The summed E-state index contributed by atoms with van der Waals surface area (Å²) >= 11 is 0. The number of carbonyl (C=O) groups excluding carboxylic acids is 1. The standard InChI is InChI=1S/C15H24O4/c1-7-9(16)4-5-15(3)6-10(17)11-8(2)14(18)19-13(11)12(7)15/h7-13,16-17H,4-6H2,1-3H3/t7-,8+,9+,10+,11-,12-,13+,15-/m1/s1. The van der Waals surface area contributed by atoms with Crippen molar-refractivity contribution in [3.05, 3.63) is 0 Å². The van der Waals surface area contributed by atoms with Gasteiger partial charge in [0.15, 0.2) is 0 Å². The van der Waals surface area contributed by atoms with Crippen LogP contribution in [0, 0.1) is 29.1 Å². The number of rotatable bonds is 0. The van der Waals surface area contributed by atoms with E-state index in [-0.39, 0.29) is 47.3 Å². The second kappa shape index (κ2) is 4.19. The zero-order valence-electron chi connectivity index (χ0n) is 11.9. The highest BCUT2D eigenvalue weighted by Gasteiger charge is 2.61. The smallest absolute Gasteiger partial charge is 0.309 e. The molecule has 4 heteroatoms. The van der Waals surface area contributed by atoms with Gasteiger partial charge in [-0.15, -0.1) is 0 Å². The molecule has 0 aromatic carbocycles. The van der Waals surface area contributed by atoms with Crippen LogP contribution in [-0.2, 0) is 9.53 Å². The van der Waals surface area contributed by atoms with Gasteiger partial charge in [0.25, 0.3) is 0 Å². The third kappa shape index (κ3) is 1.76. The molecule has 3 fully saturated rings. The van der Waals surface area contributed by atoms with Crippen LogP contribution in [-0.4, -0.2) is 34.5 Å². The van der Waals surface area contributed by atoms with Gasteiger partial charge < -0.3 is 14.9 Å². The molecule has 3 rings (SSSR count). The minimum Gasteiger partial charge on any atom is -0.461 e. The zero-order chi connectivity index (χ0) is 13.9. The minimum atomic E-state index is -0.463. The fourth-order valence-corrected chi connectivity index (χ4v) is 4.96. The quantitative estimate of drug-likeness (QED) is 0.651. The SMILES string of the molecule is C[C@H]1[C@@H]2[C@H]3OC(=O)[C@@H](C)[C@@H]3[C@@H](O)C[C@@]2(C)CC[C@@H]1O. The molecule has 0 bridgehead atoms. The number of esters is 1. The lowest BCUT2D eigenvalue weighted by Gasteiger charge is -2.55. The monoisotopic (exact) mass is 268 g/mol. The Morgan fingerprint density at radius 2 is 1.95 bits per heavy atom. The van der Waals surface area contributed by atoms with E-state index in [1.807, 2.05) is 6.92 Å². The van der Waals surface area contributed by atoms with Crippen molar-refractivity contribution in [2.45, 2.75) is 58.3 Å². The molecule has 8 atom stereocenters. The summed E-state index contributed by atoms with van der Waals surface area (Å²) in [5.74, 6) is -0.227. The summed E-state index contributed by atoms with van der Waals surface area (Å²) < 4.78 is 5.59. The molecule has 19 heavy (non-hydrogen) atoms. The first-order chi connectivity index (χ1) is 8.85. The van der Waals surface area contributed by atoms with Crippen molar-refractivity contribution >= 4 is 5.97 Å². The Kier molecular flexibility index (Phi) is 2.95. The molecule has 0 radical (unpaired) electrons. The van der Waals surface area contributed by atoms with Crippen LogP contribution in [0.3, 0.4) is 0 Å². The molecule has 1 aliphatic heterocycles. The lowest BCUT2D eigenvalue weighted by atomic mass is 9.52. The van der Waals surface area contributed by atoms with Gasteiger partial charge in [-0.1, -0.05) is 20.8 Å². The summed E-state index contributed by atoms with van der Waals surface area (Å²) in [6, 6.07) is 0. The molecule has 2 N–H and O–H groups in total. The van der Waals surface area contributed by atoms with Crippen molar-refractivity contribution < 1.29 is 19.7 Å². The molecule has 0 aromatic heterocycles. The van der Waals surface area contributed by atoms with Crippen LogP contribution in [0.25, 0.3) is 0 Å². The van der Waals surface area contributed by atoms with Gasteiger partial charge >= 0.3 is 5.97 Å². The van der Waals surface area contributed by atoms with Crippen molar-refractivity contribution in [1.29, 1.82) is 0 Å². The summed E-state index contributed by atoms with van der Waals surface area (Å²) in [6.07, 6.45) is 1.40. The number of aliphatic hydroxyl groups is 2. The maximum atomic E-state index is 11.9. The van der Waals surface area contributed by atoms with E-state index in [4.69, 9.17) is 4.74 Å². The van der Waals surface area contributed by atoms with Crippen molar-refractivity contribution in [2.75, 3.05) is 0 Å². The highest BCUT2D eigenvalue weighted by molar-refractivity contribution is 5.75. The third-order valence-electron chi connectivity index (χ3n) is 6.04. The molecule has 108 valence electrons. The van der Waals surface area contributed by atoms with Gasteiger partial charge in [-0.3, -0.25) is 4.79 Å². The van der Waals surface area contributed by atoms with E-state index in [0.717, 1.165) is 19.3 Å². The molecule has 0 spiro atoms. The van der Waals surface area contributed by atoms with Gasteiger partial charge in [0.2, 0.25) is 0 Å². The fraction of sp³-hybridized carbons (Fsp3) is 0.933. The number of hydrogen-bond donors (Lipinski definition) is 2. The van der Waals surface area contributed by atoms with E-state index in [2.05, 4.69) is 13.8 Å². The van der Waals surface area contributed by atoms with Crippen LogP contribution in [0.1, 0.15) is 40.0 Å². The van der Waals surface area contributed by atoms with Gasteiger partial charge in [-0.05, 0) is 30.6 Å². The minimum absolute atomic E-state index is 0.0242. The number of hydrogen-bond acceptors (Lipinski definition) is 4. The van der Waals surface area contributed by atoms with Crippen molar-refractivity contribution in [2.24, 2.45) is 29.1 Å². The Labute approximate surface area is 114 Å². The van der Waals surface area contributed by atoms with Crippen LogP contribution in [0.15, 0.2) is 0 Å². The second-order valence-corrected chi connectivity index (χ2v) is 7.18. The first-order valence-electron chi connectivity index (χ1n) is 7.42. The maximum Gasteiger partial charge on any atom is 0.309 e. The summed E-state index contributed by atoms with van der Waals surface area (Å²) in [5, 5.41) is 20.6. The van der Waals surface area contributed by atoms with Gasteiger partial charge in [-0.2, -0.15) is 0 Å². The summed E-state index contributed by atoms with van der Waals surface area (Å²) in [4.78, 5) is 11.9. The van der Waals surface area contributed by atoms with Gasteiger partial charge in [0, 0.05) is 11.8 Å². The van der Waals surface area contributed by atoms with Crippen molar-refractivity contribution in [3.63, 3.8) is 0 Å². The van der Waals surface area contributed by atoms with Gasteiger partial charge in [-0.25, -0.2) is 0 Å². The van der Waals surface area contributed by atoms with Crippen LogP contribution in [0.2, 0.25) is 0 Å². The average Bonchev–Trinajstić information content (AvgIpc) is 2.61. The summed E-state index contributed by atoms with van der Waals surface area (Å²) in [7, 11) is 0. The largest absolute Gasteiger partial charge is 0.461 e. The van der Waals surface area contributed by atoms with Gasteiger partial charge in [0.1, 0.15) is 6.10 Å². The lowest BCUT2D eigenvalue weighted by Crippen LogP contribution is -2.57. The van der Waals surface area contributed by atoms with E-state index >= 15 is 0 Å². The van der Waals surface area contributed by atoms with E-state index < -0.39 is 6.10 Å². The highest BCUT2D eigenvalue weighted by atomic mass is 16.6. The van der Waals surface area contributed by atoms with Crippen LogP contribution in [0.4, 0.5) is 0 Å². The fourth-order valence-electron chi connectivity index (χ4n) is 4.96. The van der Waals surface area contributed by atoms with Crippen LogP contribution >= 0.6 is 0 Å². The van der Waals surface area contributed by atoms with Crippen LogP contribution in [0.5, 0.6) is 0 Å². The average molecular weight is 268 g/mol. The lowest BCUT2D eigenvalue weighted by molar-refractivity contribution is -0.172. The first kappa shape index (κ1) is 13.4. The Bertz CT molecular complexity index is 396. The van der Waals surface area contributed by atoms with E-state index in [1.165, 1.54) is 0 Å². The number of fused-ring (bicyclic) bond motifs is 3. The van der Waals surface area contributed by atoms with Crippen molar-refractivity contribution in [3.8, 4) is 0 Å². The Balaban J connectivity index is 1.98. The van der Waals surface area contributed by atoms with Gasteiger partial charge in [0.05, 0.1) is 18.1 Å². The van der Waals surface area contributed by atoms with Crippen molar-refractivity contribution in [1.82, 2.24) is 0 Å². The Hall–Kier alpha value is -0.610. The zero-order valence-corrected chi connectivity index (χ0v) is 11.9. The van der Waals surface area contributed by atoms with E-state index in [1.54, 1.807) is 0 Å². The molecule has 0 amide bonds. The molecular weight excluding hydrogens is 244 g/mol. The van der Waals surface area contributed by atoms with Crippen LogP contribution < -0.4 is 0 Å². The topological polar surface area (TPSA) is 66.8 Å². The van der Waals surface area contributed by atoms with E-state index in [9.17, 15) is 15.0 Å². The predicted octanol–water partition coefficient (Wildman–Crippen LogP) is 1.34. The molecule has 0 aromatic rings. The molecule has 0 unspecified atom stereocenters. The summed E-state index contributed by atoms with van der Waals surface area (Å²) in [6.45, 7) is 6.08. The predicted molar refractivity (Wildman–Crippen MR) is 69.2 cm³/mol. The molecule has 4 nitrogen and oxygen atoms in total.